The summed E-state index contributed by atoms with van der Waals surface area (Å²) in [7, 11) is -3.83. The van der Waals surface area contributed by atoms with E-state index in [4.69, 9.17) is 14.2 Å². The van der Waals surface area contributed by atoms with Crippen LogP contribution in [0, 0.1) is 16.7 Å². The van der Waals surface area contributed by atoms with Gasteiger partial charge in [-0.25, -0.2) is 18.0 Å². The standard InChI is InChI=1S/C40H61N5O9S/c1-7-28-16-18-40(28,35(47)43-55(50,51)30-14-15-30)42-34(46)32-19-29-21-45(32)25-52-23-33(38(2,3)4)41-36(48)53-24-39(5,6)17-9-8-11-26-12-10-13-27-20-44(22-31(26)27)37(49)54-29/h10,12-13,28-30,32-33H,7-9,11,14-25H2,1-6H3,(H,41,48)(H,42,46)(H,43,47)/t28-,29-,32+,33-,40-/m1/s1. The molecule has 4 amide bonds. The molecular formula is C40H61N5O9S. The summed E-state index contributed by atoms with van der Waals surface area (Å²) in [6.07, 6.45) is 4.78. The number of rotatable bonds is 6. The Balaban J connectivity index is 1.22. The number of hydrogen-bond acceptors (Lipinski definition) is 10. The molecule has 14 nitrogen and oxygen atoms in total. The van der Waals surface area contributed by atoms with Gasteiger partial charge in [-0.2, -0.15) is 0 Å². The van der Waals surface area contributed by atoms with E-state index in [1.54, 1.807) is 9.80 Å². The number of cyclic esters (lactones) is 1. The third-order valence-corrected chi connectivity index (χ3v) is 14.1. The first-order valence-electron chi connectivity index (χ1n) is 20.1. The van der Waals surface area contributed by atoms with Crippen molar-refractivity contribution in [2.24, 2.45) is 16.7 Å². The van der Waals surface area contributed by atoms with Crippen LogP contribution in [0.25, 0.3) is 0 Å². The Kier molecular flexibility index (Phi) is 12.1. The molecule has 306 valence electrons. The zero-order valence-corrected chi connectivity index (χ0v) is 34.2. The van der Waals surface area contributed by atoms with Gasteiger partial charge in [-0.3, -0.25) is 24.1 Å². The smallest absolute Gasteiger partial charge is 0.410 e. The molecule has 0 spiro atoms. The first-order chi connectivity index (χ1) is 25.9. The first-order valence-corrected chi connectivity index (χ1v) is 21.6. The summed E-state index contributed by atoms with van der Waals surface area (Å²) in [5.41, 5.74) is 1.47. The lowest BCUT2D eigenvalue weighted by atomic mass is 9.64. The molecule has 2 saturated carbocycles. The molecule has 1 aromatic carbocycles. The van der Waals surface area contributed by atoms with Gasteiger partial charge in [0.25, 0.3) is 5.91 Å². The topological polar surface area (TPSA) is 173 Å². The van der Waals surface area contributed by atoms with Crippen molar-refractivity contribution in [2.75, 3.05) is 26.5 Å². The van der Waals surface area contributed by atoms with Crippen molar-refractivity contribution >= 4 is 34.0 Å². The van der Waals surface area contributed by atoms with Crippen LogP contribution in [0.3, 0.4) is 0 Å². The molecule has 55 heavy (non-hydrogen) atoms. The largest absolute Gasteiger partial charge is 0.449 e. The van der Waals surface area contributed by atoms with Crippen molar-refractivity contribution < 1.29 is 41.8 Å². The van der Waals surface area contributed by atoms with Gasteiger partial charge in [-0.15, -0.1) is 0 Å². The second-order valence-electron chi connectivity index (χ2n) is 18.2. The highest BCUT2D eigenvalue weighted by Gasteiger charge is 2.56. The fourth-order valence-electron chi connectivity index (χ4n) is 8.36. The van der Waals surface area contributed by atoms with E-state index in [2.05, 4.69) is 35.3 Å². The predicted octanol–water partition coefficient (Wildman–Crippen LogP) is 4.73. The molecule has 3 aliphatic heterocycles. The molecular weight excluding hydrogens is 727 g/mol. The number of ether oxygens (including phenoxy) is 3. The number of amides is 4. The number of nitrogens with zero attached hydrogens (tertiary/aromatic N) is 2. The van der Waals surface area contributed by atoms with Crippen LogP contribution in [-0.2, 0) is 53.3 Å². The van der Waals surface area contributed by atoms with Crippen LogP contribution in [0.4, 0.5) is 9.59 Å². The number of fused-ring (bicyclic) bond motifs is 3. The van der Waals surface area contributed by atoms with Crippen LogP contribution < -0.4 is 15.4 Å². The maximum Gasteiger partial charge on any atom is 0.410 e. The van der Waals surface area contributed by atoms with Crippen molar-refractivity contribution in [3.8, 4) is 0 Å². The van der Waals surface area contributed by atoms with Gasteiger partial charge in [-0.05, 0) is 78.4 Å². The molecule has 5 aliphatic rings. The van der Waals surface area contributed by atoms with Crippen molar-refractivity contribution in [1.29, 1.82) is 0 Å². The molecule has 0 aromatic heterocycles. The van der Waals surface area contributed by atoms with Crippen LogP contribution >= 0.6 is 0 Å². The molecule has 1 unspecified atom stereocenters. The number of aryl methyl sites for hydroxylation is 1. The Morgan fingerprint density at radius 3 is 2.45 bits per heavy atom. The molecule has 3 heterocycles. The molecule has 1 saturated heterocycles. The minimum absolute atomic E-state index is 0.0204. The van der Waals surface area contributed by atoms with E-state index in [1.807, 2.05) is 39.8 Å². The van der Waals surface area contributed by atoms with Crippen LogP contribution in [0.2, 0.25) is 0 Å². The summed E-state index contributed by atoms with van der Waals surface area (Å²) in [5, 5.41) is 5.39. The van der Waals surface area contributed by atoms with E-state index in [-0.39, 0.29) is 44.2 Å². The highest BCUT2D eigenvalue weighted by molar-refractivity contribution is 7.91. The molecule has 6 atom stereocenters. The van der Waals surface area contributed by atoms with E-state index in [1.165, 1.54) is 5.56 Å². The number of hydrogen-bond donors (Lipinski definition) is 3. The van der Waals surface area contributed by atoms with Gasteiger partial charge in [0.1, 0.15) is 11.6 Å². The summed E-state index contributed by atoms with van der Waals surface area (Å²) in [5.74, 6) is -1.40. The second-order valence-corrected chi connectivity index (χ2v) is 20.2. The van der Waals surface area contributed by atoms with Gasteiger partial charge < -0.3 is 24.8 Å². The maximum atomic E-state index is 14.3. The van der Waals surface area contributed by atoms with E-state index >= 15 is 0 Å². The van der Waals surface area contributed by atoms with Crippen molar-refractivity contribution in [2.45, 2.75) is 148 Å². The fourth-order valence-corrected chi connectivity index (χ4v) is 9.73. The van der Waals surface area contributed by atoms with E-state index in [0.717, 1.165) is 36.8 Å². The number of carbonyl (C=O) groups is 4. The van der Waals surface area contributed by atoms with Crippen molar-refractivity contribution in [3.05, 3.63) is 34.9 Å². The van der Waals surface area contributed by atoms with E-state index in [0.29, 0.717) is 45.2 Å². The molecule has 3 N–H and O–H groups in total. The minimum atomic E-state index is -3.83. The Bertz CT molecular complexity index is 1720. The lowest BCUT2D eigenvalue weighted by Crippen LogP contribution is -2.70. The summed E-state index contributed by atoms with van der Waals surface area (Å²) in [6, 6.07) is 4.93. The van der Waals surface area contributed by atoms with E-state index < -0.39 is 68.4 Å². The molecule has 3 fully saturated rings. The summed E-state index contributed by atoms with van der Waals surface area (Å²) < 4.78 is 45.9. The fraction of sp³-hybridized carbons (Fsp3) is 0.750. The highest BCUT2D eigenvalue weighted by atomic mass is 32.2. The quantitative estimate of drug-likeness (QED) is 0.366. The lowest BCUT2D eigenvalue weighted by molar-refractivity contribution is -0.143. The monoisotopic (exact) mass is 787 g/mol. The average molecular weight is 788 g/mol. The zero-order valence-electron chi connectivity index (χ0n) is 33.4. The molecule has 4 bridgehead atoms. The van der Waals surface area contributed by atoms with Gasteiger partial charge in [-0.1, -0.05) is 72.6 Å². The number of carbonyl (C=O) groups excluding carboxylic acids is 4. The third-order valence-electron chi connectivity index (χ3n) is 12.3. The van der Waals surface area contributed by atoms with Crippen LogP contribution in [-0.4, -0.2) is 97.7 Å². The molecule has 6 rings (SSSR count). The Morgan fingerprint density at radius 2 is 1.78 bits per heavy atom. The summed E-state index contributed by atoms with van der Waals surface area (Å²) >= 11 is 0. The predicted molar refractivity (Wildman–Crippen MR) is 205 cm³/mol. The van der Waals surface area contributed by atoms with Crippen molar-refractivity contribution in [3.63, 3.8) is 0 Å². The number of benzene rings is 1. The molecule has 0 radical (unpaired) electrons. The zero-order chi connectivity index (χ0) is 39.8. The van der Waals surface area contributed by atoms with Gasteiger partial charge in [0.05, 0.1) is 37.3 Å². The first kappa shape index (κ1) is 41.2. The number of nitrogens with one attached hydrogen (secondary N) is 3. The normalized spacial score (nSPS) is 30.7. The van der Waals surface area contributed by atoms with Gasteiger partial charge in [0.15, 0.2) is 0 Å². The van der Waals surface area contributed by atoms with Gasteiger partial charge in [0, 0.05) is 26.1 Å². The average Bonchev–Trinajstić information content (AvgIpc) is 3.76. The lowest BCUT2D eigenvalue weighted by Gasteiger charge is -2.48. The van der Waals surface area contributed by atoms with Crippen LogP contribution in [0.15, 0.2) is 18.2 Å². The Morgan fingerprint density at radius 1 is 1.04 bits per heavy atom. The summed E-state index contributed by atoms with van der Waals surface area (Å²) in [6.45, 7) is 13.5. The number of sulfonamides is 1. The Labute approximate surface area is 326 Å². The molecule has 15 heteroatoms. The SMILES string of the molecule is CC[C@@H]1CC[C@]1(NC(=O)[C@@H]1C[C@@H]2CN1COC[C@H](C(C)(C)C)NC(=O)OCC(C)(C)CCCCc1cccc3c1CN(C3)C(=O)O2)C(=O)NS(=O)(=O)C1CC1. The maximum absolute atomic E-state index is 14.3. The minimum Gasteiger partial charge on any atom is -0.449 e. The Hall–Kier alpha value is -3.43. The molecule has 1 aromatic rings. The van der Waals surface area contributed by atoms with Crippen LogP contribution in [0.1, 0.15) is 116 Å². The summed E-state index contributed by atoms with van der Waals surface area (Å²) in [4.78, 5) is 58.2. The van der Waals surface area contributed by atoms with E-state index in [9.17, 15) is 27.6 Å². The van der Waals surface area contributed by atoms with Crippen molar-refractivity contribution in [1.82, 2.24) is 25.2 Å². The second kappa shape index (κ2) is 16.2. The highest BCUT2D eigenvalue weighted by Crippen LogP contribution is 2.42. The number of alkyl carbamates (subject to hydrolysis) is 1. The molecule has 2 aliphatic carbocycles. The van der Waals surface area contributed by atoms with Gasteiger partial charge in [0.2, 0.25) is 15.9 Å². The third kappa shape index (κ3) is 9.58. The van der Waals surface area contributed by atoms with Gasteiger partial charge >= 0.3 is 12.2 Å². The van der Waals surface area contributed by atoms with Crippen LogP contribution in [0.5, 0.6) is 0 Å².